The summed E-state index contributed by atoms with van der Waals surface area (Å²) in [5.41, 5.74) is 0.383. The summed E-state index contributed by atoms with van der Waals surface area (Å²) in [6, 6.07) is 4.03. The topological polar surface area (TPSA) is 102 Å². The second kappa shape index (κ2) is 8.71. The third-order valence-corrected chi connectivity index (χ3v) is 6.39. The number of halogens is 1. The zero-order valence-electron chi connectivity index (χ0n) is 14.8. The van der Waals surface area contributed by atoms with Gasteiger partial charge in [0.2, 0.25) is 15.9 Å². The summed E-state index contributed by atoms with van der Waals surface area (Å²) < 4.78 is 27.9. The van der Waals surface area contributed by atoms with Gasteiger partial charge in [-0.1, -0.05) is 31.9 Å². The van der Waals surface area contributed by atoms with Crippen LogP contribution in [0.5, 0.6) is 0 Å². The number of benzene rings is 1. The molecule has 142 valence electrons. The number of nitriles is 1. The van der Waals surface area contributed by atoms with E-state index in [0.29, 0.717) is 31.6 Å². The summed E-state index contributed by atoms with van der Waals surface area (Å²) in [7, 11) is -3.86. The van der Waals surface area contributed by atoms with Crippen molar-refractivity contribution in [1.82, 2.24) is 9.62 Å². The van der Waals surface area contributed by atoms with Crippen molar-refractivity contribution in [2.24, 2.45) is 5.92 Å². The first-order valence-electron chi connectivity index (χ1n) is 8.51. The van der Waals surface area contributed by atoms with Crippen molar-refractivity contribution in [3.63, 3.8) is 0 Å². The molecular formula is C17H23ClN4O3S. The first-order chi connectivity index (χ1) is 12.2. The van der Waals surface area contributed by atoms with Crippen LogP contribution in [0.4, 0.5) is 5.69 Å². The molecule has 0 aliphatic carbocycles. The quantitative estimate of drug-likeness (QED) is 0.687. The maximum Gasteiger partial charge on any atom is 0.242 e. The maximum absolute atomic E-state index is 12.7. The standard InChI is InChI=1S/C17H23ClN4O3S/c1-3-12(2)8-17(23)20-13-4-5-15(18)16(9-13)26(24,25)21-14-6-7-22(10-14)11-19/h4-5,9,12,14,21H,3,6-8,10H2,1-2H3,(H,20,23)/t12?,14-/m1/s1. The van der Waals surface area contributed by atoms with E-state index in [4.69, 9.17) is 16.9 Å². The lowest BCUT2D eigenvalue weighted by Crippen LogP contribution is -2.36. The average Bonchev–Trinajstić information content (AvgIpc) is 3.03. The largest absolute Gasteiger partial charge is 0.326 e. The van der Waals surface area contributed by atoms with Crippen LogP contribution >= 0.6 is 11.6 Å². The van der Waals surface area contributed by atoms with Crippen LogP contribution in [-0.2, 0) is 14.8 Å². The lowest BCUT2D eigenvalue weighted by atomic mass is 10.1. The normalized spacial score (nSPS) is 18.4. The molecule has 2 rings (SSSR count). The smallest absolute Gasteiger partial charge is 0.242 e. The Kier molecular flexibility index (Phi) is 6.87. The first-order valence-corrected chi connectivity index (χ1v) is 10.4. The third-order valence-electron chi connectivity index (χ3n) is 4.39. The van der Waals surface area contributed by atoms with Gasteiger partial charge >= 0.3 is 0 Å². The molecule has 1 aliphatic heterocycles. The van der Waals surface area contributed by atoms with Gasteiger partial charge in [0, 0.05) is 31.2 Å². The van der Waals surface area contributed by atoms with Crippen molar-refractivity contribution in [2.75, 3.05) is 18.4 Å². The van der Waals surface area contributed by atoms with Crippen LogP contribution in [0.2, 0.25) is 5.02 Å². The minimum Gasteiger partial charge on any atom is -0.326 e. The van der Waals surface area contributed by atoms with E-state index in [2.05, 4.69) is 10.0 Å². The number of carbonyl (C=O) groups excluding carboxylic acids is 1. The molecule has 1 aromatic rings. The van der Waals surface area contributed by atoms with E-state index in [9.17, 15) is 13.2 Å². The van der Waals surface area contributed by atoms with E-state index < -0.39 is 10.0 Å². The maximum atomic E-state index is 12.7. The van der Waals surface area contributed by atoms with Crippen molar-refractivity contribution >= 4 is 33.2 Å². The van der Waals surface area contributed by atoms with E-state index >= 15 is 0 Å². The highest BCUT2D eigenvalue weighted by atomic mass is 35.5. The van der Waals surface area contributed by atoms with Gasteiger partial charge < -0.3 is 10.2 Å². The molecule has 1 unspecified atom stereocenters. The zero-order valence-corrected chi connectivity index (χ0v) is 16.4. The number of likely N-dealkylation sites (tertiary alicyclic amines) is 1. The van der Waals surface area contributed by atoms with Gasteiger partial charge in [-0.05, 0) is 30.5 Å². The van der Waals surface area contributed by atoms with Crippen molar-refractivity contribution in [3.05, 3.63) is 23.2 Å². The molecule has 1 aliphatic rings. The summed E-state index contributed by atoms with van der Waals surface area (Å²) in [5, 5.41) is 11.7. The fraction of sp³-hybridized carbons (Fsp3) is 0.529. The second-order valence-corrected chi connectivity index (χ2v) is 8.65. The number of nitrogens with zero attached hydrogens (tertiary/aromatic N) is 2. The number of hydrogen-bond acceptors (Lipinski definition) is 5. The van der Waals surface area contributed by atoms with Crippen LogP contribution < -0.4 is 10.0 Å². The Morgan fingerprint density at radius 3 is 2.85 bits per heavy atom. The van der Waals surface area contributed by atoms with Crippen LogP contribution in [-0.4, -0.2) is 38.4 Å². The molecule has 2 atom stereocenters. The lowest BCUT2D eigenvalue weighted by Gasteiger charge is -2.15. The molecule has 9 heteroatoms. The monoisotopic (exact) mass is 398 g/mol. The Labute approximate surface area is 159 Å². The van der Waals surface area contributed by atoms with Crippen molar-refractivity contribution in [2.45, 2.75) is 44.0 Å². The van der Waals surface area contributed by atoms with E-state index in [1.54, 1.807) is 6.07 Å². The fourth-order valence-electron chi connectivity index (χ4n) is 2.69. The molecule has 1 saturated heterocycles. The molecule has 7 nitrogen and oxygen atoms in total. The molecule has 26 heavy (non-hydrogen) atoms. The van der Waals surface area contributed by atoms with Gasteiger partial charge in [0.25, 0.3) is 0 Å². The van der Waals surface area contributed by atoms with E-state index in [0.717, 1.165) is 6.42 Å². The molecule has 2 N–H and O–H groups in total. The molecule has 0 radical (unpaired) electrons. The van der Waals surface area contributed by atoms with Crippen LogP contribution in [0, 0.1) is 17.4 Å². The molecule has 1 amide bonds. The Morgan fingerprint density at radius 1 is 1.50 bits per heavy atom. The number of hydrogen-bond donors (Lipinski definition) is 2. The van der Waals surface area contributed by atoms with Crippen molar-refractivity contribution < 1.29 is 13.2 Å². The highest BCUT2D eigenvalue weighted by Crippen LogP contribution is 2.26. The molecule has 0 bridgehead atoms. The summed E-state index contributed by atoms with van der Waals surface area (Å²) in [5.74, 6) is 0.0797. The van der Waals surface area contributed by atoms with Crippen LogP contribution in [0.15, 0.2) is 23.1 Å². The fourth-order valence-corrected chi connectivity index (χ4v) is 4.48. The summed E-state index contributed by atoms with van der Waals surface area (Å²) in [6.07, 6.45) is 3.81. The molecule has 0 aromatic heterocycles. The summed E-state index contributed by atoms with van der Waals surface area (Å²) in [6.45, 7) is 4.84. The van der Waals surface area contributed by atoms with E-state index in [1.165, 1.54) is 17.0 Å². The Bertz CT molecular complexity index is 807. The lowest BCUT2D eigenvalue weighted by molar-refractivity contribution is -0.117. The van der Waals surface area contributed by atoms with Crippen LogP contribution in [0.1, 0.15) is 33.1 Å². The SMILES string of the molecule is CCC(C)CC(=O)Nc1ccc(Cl)c(S(=O)(=O)N[C@@H]2CCN(C#N)C2)c1. The molecule has 1 heterocycles. The highest BCUT2D eigenvalue weighted by Gasteiger charge is 2.28. The second-order valence-electron chi connectivity index (χ2n) is 6.56. The average molecular weight is 399 g/mol. The van der Waals surface area contributed by atoms with E-state index in [-0.39, 0.29) is 27.8 Å². The zero-order chi connectivity index (χ0) is 19.3. The number of sulfonamides is 1. The Morgan fingerprint density at radius 2 is 2.23 bits per heavy atom. The van der Waals surface area contributed by atoms with Gasteiger partial charge in [-0.15, -0.1) is 0 Å². The van der Waals surface area contributed by atoms with Gasteiger partial charge in [-0.2, -0.15) is 5.26 Å². The Hall–Kier alpha value is -1.82. The number of anilines is 1. The number of amides is 1. The van der Waals surface area contributed by atoms with Crippen LogP contribution in [0.3, 0.4) is 0 Å². The molecule has 0 saturated carbocycles. The third kappa shape index (κ3) is 5.34. The van der Waals surface area contributed by atoms with Gasteiger partial charge in [0.05, 0.1) is 5.02 Å². The highest BCUT2D eigenvalue weighted by molar-refractivity contribution is 7.89. The van der Waals surface area contributed by atoms with Crippen molar-refractivity contribution in [3.8, 4) is 6.19 Å². The molecule has 0 spiro atoms. The van der Waals surface area contributed by atoms with Gasteiger partial charge in [-0.3, -0.25) is 4.79 Å². The molecule has 1 fully saturated rings. The predicted octanol–water partition coefficient (Wildman–Crippen LogP) is 2.55. The summed E-state index contributed by atoms with van der Waals surface area (Å²) in [4.78, 5) is 13.4. The predicted molar refractivity (Wildman–Crippen MR) is 100 cm³/mol. The van der Waals surface area contributed by atoms with E-state index in [1.807, 2.05) is 20.0 Å². The Balaban J connectivity index is 2.13. The van der Waals surface area contributed by atoms with Crippen LogP contribution in [0.25, 0.3) is 0 Å². The number of carbonyl (C=O) groups is 1. The first kappa shape index (κ1) is 20.5. The number of rotatable bonds is 7. The van der Waals surface area contributed by atoms with Gasteiger partial charge in [0.1, 0.15) is 4.90 Å². The molecule has 1 aromatic carbocycles. The van der Waals surface area contributed by atoms with Crippen molar-refractivity contribution in [1.29, 1.82) is 5.26 Å². The minimum atomic E-state index is -3.86. The molecular weight excluding hydrogens is 376 g/mol. The summed E-state index contributed by atoms with van der Waals surface area (Å²) >= 11 is 6.07. The van der Waals surface area contributed by atoms with Gasteiger partial charge in [-0.25, -0.2) is 13.1 Å². The van der Waals surface area contributed by atoms with Gasteiger partial charge in [0.15, 0.2) is 6.19 Å². The minimum absolute atomic E-state index is 0.0764. The number of nitrogens with one attached hydrogen (secondary N) is 2.